The first kappa shape index (κ1) is 23.0. The third-order valence-electron chi connectivity index (χ3n) is 4.50. The molecule has 0 saturated heterocycles. The standard InChI is InChI=1S/C19H18ClF4N3O4/c1-10(4-5-25-16(28)9-29-12-2-3-14(20)15(21)8-12)17-26-27-18(30-17)11-6-13(7-11)31-19(22,23)24/h2-3,8,11,13H,1,4-7,9H2,(H,25,28). The van der Waals surface area contributed by atoms with E-state index in [4.69, 9.17) is 20.8 Å². The van der Waals surface area contributed by atoms with E-state index in [2.05, 4.69) is 26.8 Å². The maximum absolute atomic E-state index is 13.3. The van der Waals surface area contributed by atoms with E-state index in [1.807, 2.05) is 0 Å². The van der Waals surface area contributed by atoms with Crippen LogP contribution in [0.15, 0.2) is 29.2 Å². The minimum absolute atomic E-state index is 0.0498. The van der Waals surface area contributed by atoms with Gasteiger partial charge in [-0.15, -0.1) is 23.4 Å². The molecule has 1 aliphatic rings. The summed E-state index contributed by atoms with van der Waals surface area (Å²) in [5.74, 6) is -0.836. The highest BCUT2D eigenvalue weighted by Gasteiger charge is 2.42. The van der Waals surface area contributed by atoms with Crippen molar-refractivity contribution in [2.24, 2.45) is 0 Å². The molecule has 1 fully saturated rings. The average Bonchev–Trinajstić information content (AvgIpc) is 3.14. The van der Waals surface area contributed by atoms with Crippen LogP contribution in [0, 0.1) is 5.82 Å². The normalized spacial score (nSPS) is 18.4. The van der Waals surface area contributed by atoms with Gasteiger partial charge in [-0.2, -0.15) is 0 Å². The lowest BCUT2D eigenvalue weighted by Crippen LogP contribution is -2.34. The van der Waals surface area contributed by atoms with Crippen LogP contribution in [0.1, 0.15) is 37.0 Å². The molecule has 7 nitrogen and oxygen atoms in total. The highest BCUT2D eigenvalue weighted by atomic mass is 35.5. The second-order valence-electron chi connectivity index (χ2n) is 6.87. The summed E-state index contributed by atoms with van der Waals surface area (Å²) >= 11 is 5.57. The molecular formula is C19H18ClF4N3O4. The van der Waals surface area contributed by atoms with Crippen molar-refractivity contribution in [3.63, 3.8) is 0 Å². The van der Waals surface area contributed by atoms with Crippen molar-refractivity contribution in [3.05, 3.63) is 47.4 Å². The number of carbonyl (C=O) groups is 1. The topological polar surface area (TPSA) is 86.5 Å². The van der Waals surface area contributed by atoms with Crippen LogP contribution in [0.5, 0.6) is 5.75 Å². The summed E-state index contributed by atoms with van der Waals surface area (Å²) in [4.78, 5) is 11.8. The van der Waals surface area contributed by atoms with Gasteiger partial charge in [0.15, 0.2) is 6.61 Å². The fourth-order valence-electron chi connectivity index (χ4n) is 2.82. The van der Waals surface area contributed by atoms with Crippen molar-refractivity contribution in [1.82, 2.24) is 15.5 Å². The Hall–Kier alpha value is -2.66. The molecule has 1 N–H and O–H groups in total. The van der Waals surface area contributed by atoms with E-state index >= 15 is 0 Å². The Bertz CT molecular complexity index is 944. The molecule has 1 aliphatic carbocycles. The molecule has 168 valence electrons. The van der Waals surface area contributed by atoms with Crippen molar-refractivity contribution in [3.8, 4) is 5.75 Å². The molecule has 12 heteroatoms. The van der Waals surface area contributed by atoms with Gasteiger partial charge in [-0.25, -0.2) is 4.39 Å². The van der Waals surface area contributed by atoms with Crippen molar-refractivity contribution in [1.29, 1.82) is 0 Å². The molecule has 1 heterocycles. The monoisotopic (exact) mass is 463 g/mol. The quantitative estimate of drug-likeness (QED) is 0.560. The zero-order valence-electron chi connectivity index (χ0n) is 16.0. The van der Waals surface area contributed by atoms with Crippen LogP contribution < -0.4 is 10.1 Å². The van der Waals surface area contributed by atoms with Crippen LogP contribution in [0.4, 0.5) is 17.6 Å². The van der Waals surface area contributed by atoms with E-state index in [-0.39, 0.29) is 54.5 Å². The van der Waals surface area contributed by atoms with Crippen LogP contribution in [-0.4, -0.2) is 41.7 Å². The van der Waals surface area contributed by atoms with E-state index in [0.717, 1.165) is 6.07 Å². The molecule has 1 aromatic carbocycles. The molecule has 1 amide bonds. The predicted octanol–water partition coefficient (Wildman–Crippen LogP) is 4.24. The van der Waals surface area contributed by atoms with E-state index in [1.54, 1.807) is 0 Å². The van der Waals surface area contributed by atoms with Crippen LogP contribution in [0.3, 0.4) is 0 Å². The number of nitrogens with zero attached hydrogens (tertiary/aromatic N) is 2. The lowest BCUT2D eigenvalue weighted by atomic mass is 9.82. The number of halogens is 5. The van der Waals surface area contributed by atoms with E-state index in [0.29, 0.717) is 12.0 Å². The Labute approximate surface area is 179 Å². The van der Waals surface area contributed by atoms with Crippen molar-refractivity contribution in [2.75, 3.05) is 13.2 Å². The van der Waals surface area contributed by atoms with Crippen molar-refractivity contribution >= 4 is 23.1 Å². The Morgan fingerprint density at radius 2 is 2.06 bits per heavy atom. The molecule has 1 aromatic heterocycles. The predicted molar refractivity (Wildman–Crippen MR) is 101 cm³/mol. The van der Waals surface area contributed by atoms with Gasteiger partial charge in [0.05, 0.1) is 11.1 Å². The van der Waals surface area contributed by atoms with Crippen molar-refractivity contribution in [2.45, 2.75) is 37.6 Å². The molecule has 0 spiro atoms. The number of alkyl halides is 3. The molecule has 1 saturated carbocycles. The Morgan fingerprint density at radius 3 is 2.74 bits per heavy atom. The van der Waals surface area contributed by atoms with Gasteiger partial charge >= 0.3 is 6.36 Å². The lowest BCUT2D eigenvalue weighted by molar-refractivity contribution is -0.352. The molecule has 0 aliphatic heterocycles. The van der Waals surface area contributed by atoms with Crippen LogP contribution in [0.2, 0.25) is 5.02 Å². The van der Waals surface area contributed by atoms with Gasteiger partial charge in [-0.1, -0.05) is 18.2 Å². The number of hydrogen-bond acceptors (Lipinski definition) is 6. The minimum Gasteiger partial charge on any atom is -0.484 e. The van der Waals surface area contributed by atoms with Crippen LogP contribution >= 0.6 is 11.6 Å². The zero-order valence-corrected chi connectivity index (χ0v) is 16.8. The second-order valence-corrected chi connectivity index (χ2v) is 7.27. The number of benzene rings is 1. The maximum Gasteiger partial charge on any atom is 0.522 e. The molecule has 3 rings (SSSR count). The summed E-state index contributed by atoms with van der Waals surface area (Å²) in [6.07, 6.45) is -4.99. The van der Waals surface area contributed by atoms with Crippen molar-refractivity contribution < 1.29 is 36.2 Å². The molecule has 2 aromatic rings. The van der Waals surface area contributed by atoms with E-state index in [9.17, 15) is 22.4 Å². The number of amides is 1. The zero-order chi connectivity index (χ0) is 22.6. The van der Waals surface area contributed by atoms with Gasteiger partial charge in [-0.05, 0) is 31.4 Å². The van der Waals surface area contributed by atoms with Gasteiger partial charge < -0.3 is 14.5 Å². The number of ether oxygens (including phenoxy) is 2. The second kappa shape index (κ2) is 9.65. The first-order chi connectivity index (χ1) is 14.6. The summed E-state index contributed by atoms with van der Waals surface area (Å²) in [7, 11) is 0. The number of nitrogens with one attached hydrogen (secondary N) is 1. The SMILES string of the molecule is C=C(CCNC(=O)COc1ccc(Cl)c(F)c1)c1nnc(C2CC(OC(F)(F)F)C2)o1. The molecule has 31 heavy (non-hydrogen) atoms. The van der Waals surface area contributed by atoms with Gasteiger partial charge in [-0.3, -0.25) is 9.53 Å². The highest BCUT2D eigenvalue weighted by molar-refractivity contribution is 6.30. The number of aromatic nitrogens is 2. The summed E-state index contributed by atoms with van der Waals surface area (Å²) in [5.41, 5.74) is 0.460. The van der Waals surface area contributed by atoms with Gasteiger partial charge in [0.25, 0.3) is 5.91 Å². The Balaban J connectivity index is 1.36. The fourth-order valence-corrected chi connectivity index (χ4v) is 2.94. The van der Waals surface area contributed by atoms with E-state index in [1.165, 1.54) is 12.1 Å². The smallest absolute Gasteiger partial charge is 0.484 e. The van der Waals surface area contributed by atoms with Gasteiger partial charge in [0.1, 0.15) is 11.6 Å². The summed E-state index contributed by atoms with van der Waals surface area (Å²) in [5, 5.41) is 10.2. The molecule has 0 bridgehead atoms. The molecule has 0 atom stereocenters. The van der Waals surface area contributed by atoms with E-state index < -0.39 is 24.2 Å². The Kier molecular flexibility index (Phi) is 7.16. The molecule has 0 radical (unpaired) electrons. The molecule has 0 unspecified atom stereocenters. The number of rotatable bonds is 9. The van der Waals surface area contributed by atoms with Crippen LogP contribution in [-0.2, 0) is 9.53 Å². The number of hydrogen-bond donors (Lipinski definition) is 1. The van der Waals surface area contributed by atoms with Crippen LogP contribution in [0.25, 0.3) is 5.57 Å². The highest BCUT2D eigenvalue weighted by Crippen LogP contribution is 2.41. The number of carbonyl (C=O) groups excluding carboxylic acids is 1. The van der Waals surface area contributed by atoms with Gasteiger partial charge in [0.2, 0.25) is 11.8 Å². The summed E-state index contributed by atoms with van der Waals surface area (Å²) in [6.45, 7) is 3.70. The largest absolute Gasteiger partial charge is 0.522 e. The first-order valence-corrected chi connectivity index (χ1v) is 9.59. The third-order valence-corrected chi connectivity index (χ3v) is 4.80. The summed E-state index contributed by atoms with van der Waals surface area (Å²) < 4.78 is 64.4. The molecular weight excluding hydrogens is 446 g/mol. The lowest BCUT2D eigenvalue weighted by Gasteiger charge is -2.32. The Morgan fingerprint density at radius 1 is 1.32 bits per heavy atom. The fraction of sp³-hybridized carbons (Fsp3) is 0.421. The summed E-state index contributed by atoms with van der Waals surface area (Å²) in [6, 6.07) is 3.83. The minimum atomic E-state index is -4.66. The third kappa shape index (κ3) is 6.66. The maximum atomic E-state index is 13.3. The first-order valence-electron chi connectivity index (χ1n) is 9.21. The average molecular weight is 464 g/mol. The van der Waals surface area contributed by atoms with Gasteiger partial charge in [0, 0.05) is 24.1 Å².